The molecule has 2 rings (SSSR count). The van der Waals surface area contributed by atoms with E-state index in [1.54, 1.807) is 24.3 Å². The fraction of sp³-hybridized carbons (Fsp3) is 0.576. The lowest BCUT2D eigenvalue weighted by molar-refractivity contribution is 0.0447. The molecule has 2 aromatic rings. The van der Waals surface area contributed by atoms with Gasteiger partial charge in [0.1, 0.15) is 11.5 Å². The zero-order chi connectivity index (χ0) is 28.3. The zero-order valence-electron chi connectivity index (χ0n) is 24.1. The van der Waals surface area contributed by atoms with Crippen molar-refractivity contribution >= 4 is 23.5 Å². The molecule has 0 saturated heterocycles. The van der Waals surface area contributed by atoms with E-state index in [0.717, 1.165) is 18.6 Å². The number of hydrogen-bond acceptors (Lipinski definition) is 5. The van der Waals surface area contributed by atoms with Gasteiger partial charge in [-0.15, -0.1) is 0 Å². The monoisotopic (exact) mass is 558 g/mol. The molecule has 1 unspecified atom stereocenters. The van der Waals surface area contributed by atoms with Crippen LogP contribution in [-0.2, 0) is 4.74 Å². The molecule has 0 fully saturated rings. The van der Waals surface area contributed by atoms with E-state index in [4.69, 9.17) is 25.8 Å². The van der Waals surface area contributed by atoms with Gasteiger partial charge in [0.05, 0.1) is 29.4 Å². The summed E-state index contributed by atoms with van der Waals surface area (Å²) in [5.74, 6) is 0.274. The highest BCUT2D eigenvalue weighted by atomic mass is 35.5. The molecule has 2 aromatic carbocycles. The minimum absolute atomic E-state index is 0.177. The van der Waals surface area contributed by atoms with Gasteiger partial charge >= 0.3 is 11.9 Å². The summed E-state index contributed by atoms with van der Waals surface area (Å²) < 4.78 is 16.6. The second-order valence-corrected chi connectivity index (χ2v) is 10.8. The van der Waals surface area contributed by atoms with E-state index in [1.807, 2.05) is 13.8 Å². The number of hydrogen-bond donors (Lipinski definition) is 0. The van der Waals surface area contributed by atoms with Crippen LogP contribution in [0.3, 0.4) is 0 Å². The lowest BCUT2D eigenvalue weighted by atomic mass is 10.1. The zero-order valence-corrected chi connectivity index (χ0v) is 24.9. The molecule has 0 aliphatic carbocycles. The first-order valence-corrected chi connectivity index (χ1v) is 15.2. The van der Waals surface area contributed by atoms with Gasteiger partial charge in [-0.05, 0) is 48.7 Å². The number of carbonyl (C=O) groups excluding carboxylic acids is 2. The third kappa shape index (κ3) is 13.4. The van der Waals surface area contributed by atoms with E-state index in [0.29, 0.717) is 18.8 Å². The van der Waals surface area contributed by atoms with Crippen LogP contribution in [0.15, 0.2) is 42.5 Å². The third-order valence-electron chi connectivity index (χ3n) is 6.92. The molecular formula is C33H47ClO5. The largest absolute Gasteiger partial charge is 0.494 e. The van der Waals surface area contributed by atoms with Gasteiger partial charge in [0.15, 0.2) is 0 Å². The second-order valence-electron chi connectivity index (χ2n) is 10.4. The molecule has 0 heterocycles. The number of benzene rings is 2. The van der Waals surface area contributed by atoms with Gasteiger partial charge in [-0.1, -0.05) is 109 Å². The molecular weight excluding hydrogens is 512 g/mol. The normalized spacial score (nSPS) is 11.7. The van der Waals surface area contributed by atoms with Crippen molar-refractivity contribution in [2.45, 2.75) is 104 Å². The summed E-state index contributed by atoms with van der Waals surface area (Å²) in [5.41, 5.74) is 0.648. The summed E-state index contributed by atoms with van der Waals surface area (Å²) in [5, 5.41) is 0.177. The van der Waals surface area contributed by atoms with E-state index in [2.05, 4.69) is 6.92 Å². The van der Waals surface area contributed by atoms with Crippen LogP contribution in [0.25, 0.3) is 0 Å². The Balaban J connectivity index is 1.64. The quantitative estimate of drug-likeness (QED) is 0.0918. The summed E-state index contributed by atoms with van der Waals surface area (Å²) in [6.07, 6.45) is 16.7. The first-order chi connectivity index (χ1) is 18.9. The minimum Gasteiger partial charge on any atom is -0.494 e. The topological polar surface area (TPSA) is 61.8 Å². The van der Waals surface area contributed by atoms with Gasteiger partial charge in [-0.3, -0.25) is 0 Å². The van der Waals surface area contributed by atoms with Gasteiger partial charge in [-0.25, -0.2) is 9.59 Å². The highest BCUT2D eigenvalue weighted by Gasteiger charge is 2.16. The molecule has 0 N–H and O–H groups in total. The number of rotatable bonds is 20. The van der Waals surface area contributed by atoms with Crippen molar-refractivity contribution in [3.8, 4) is 11.5 Å². The maximum Gasteiger partial charge on any atom is 0.343 e. The van der Waals surface area contributed by atoms with E-state index in [-0.39, 0.29) is 22.3 Å². The number of esters is 2. The van der Waals surface area contributed by atoms with Gasteiger partial charge < -0.3 is 14.2 Å². The lowest BCUT2D eigenvalue weighted by Crippen LogP contribution is -2.12. The summed E-state index contributed by atoms with van der Waals surface area (Å²) in [7, 11) is 0. The molecule has 216 valence electrons. The summed E-state index contributed by atoms with van der Waals surface area (Å²) in [6, 6.07) is 11.4. The maximum atomic E-state index is 12.6. The van der Waals surface area contributed by atoms with E-state index < -0.39 is 11.9 Å². The van der Waals surface area contributed by atoms with E-state index in [9.17, 15) is 9.59 Å². The third-order valence-corrected chi connectivity index (χ3v) is 7.24. The Morgan fingerprint density at radius 1 is 0.744 bits per heavy atom. The fourth-order valence-electron chi connectivity index (χ4n) is 4.12. The lowest BCUT2D eigenvalue weighted by Gasteiger charge is -2.11. The first kappa shape index (κ1) is 32.7. The fourth-order valence-corrected chi connectivity index (χ4v) is 4.37. The van der Waals surface area contributed by atoms with Crippen LogP contribution in [0.5, 0.6) is 11.5 Å². The van der Waals surface area contributed by atoms with E-state index >= 15 is 0 Å². The Morgan fingerprint density at radius 3 is 1.87 bits per heavy atom. The number of carbonyl (C=O) groups is 2. The van der Waals surface area contributed by atoms with Crippen LogP contribution < -0.4 is 9.47 Å². The highest BCUT2D eigenvalue weighted by molar-refractivity contribution is 6.33. The molecule has 0 aliphatic heterocycles. The smallest absolute Gasteiger partial charge is 0.343 e. The summed E-state index contributed by atoms with van der Waals surface area (Å²) in [4.78, 5) is 24.8. The number of halogens is 1. The molecule has 0 amide bonds. The van der Waals surface area contributed by atoms with Crippen LogP contribution in [0.1, 0.15) is 125 Å². The summed E-state index contributed by atoms with van der Waals surface area (Å²) in [6.45, 7) is 7.32. The Kier molecular flexibility index (Phi) is 16.4. The minimum atomic E-state index is -0.509. The van der Waals surface area contributed by atoms with Crippen LogP contribution in [0.2, 0.25) is 5.02 Å². The predicted octanol–water partition coefficient (Wildman–Crippen LogP) is 9.84. The maximum absolute atomic E-state index is 12.6. The van der Waals surface area contributed by atoms with Crippen LogP contribution in [0.4, 0.5) is 0 Å². The Morgan fingerprint density at radius 2 is 1.31 bits per heavy atom. The number of unbranched alkanes of at least 4 members (excludes halogenated alkanes) is 11. The van der Waals surface area contributed by atoms with Crippen molar-refractivity contribution in [3.63, 3.8) is 0 Å². The molecule has 0 spiro atoms. The van der Waals surface area contributed by atoms with Crippen LogP contribution >= 0.6 is 11.6 Å². The van der Waals surface area contributed by atoms with Gasteiger partial charge in [-0.2, -0.15) is 0 Å². The molecule has 39 heavy (non-hydrogen) atoms. The molecule has 1 atom stereocenters. The average molecular weight is 559 g/mol. The molecule has 0 radical (unpaired) electrons. The van der Waals surface area contributed by atoms with Gasteiger partial charge in [0, 0.05) is 6.07 Å². The Hall–Kier alpha value is -2.53. The standard InChI is InChI=1S/C33H47ClO5/c1-4-6-7-8-9-10-11-12-13-14-15-16-23-37-28-19-17-27(18-20-28)32(35)39-29-21-22-30(31(34)24-29)33(36)38-25-26(3)5-2/h17-22,24,26H,4-16,23,25H2,1-3H3. The van der Waals surface area contributed by atoms with Crippen molar-refractivity contribution in [2.75, 3.05) is 13.2 Å². The Bertz CT molecular complexity index is 973. The van der Waals surface area contributed by atoms with Crippen LogP contribution in [0, 0.1) is 5.92 Å². The van der Waals surface area contributed by atoms with Crippen molar-refractivity contribution in [3.05, 3.63) is 58.6 Å². The van der Waals surface area contributed by atoms with Gasteiger partial charge in [0.2, 0.25) is 0 Å². The van der Waals surface area contributed by atoms with Crippen LogP contribution in [-0.4, -0.2) is 25.2 Å². The molecule has 0 saturated carbocycles. The van der Waals surface area contributed by atoms with Gasteiger partial charge in [0.25, 0.3) is 0 Å². The summed E-state index contributed by atoms with van der Waals surface area (Å²) >= 11 is 6.24. The number of ether oxygens (including phenoxy) is 3. The van der Waals surface area contributed by atoms with E-state index in [1.165, 1.54) is 88.8 Å². The highest BCUT2D eigenvalue weighted by Crippen LogP contribution is 2.25. The van der Waals surface area contributed by atoms with Crippen molar-refractivity contribution < 1.29 is 23.8 Å². The molecule has 0 aliphatic rings. The van der Waals surface area contributed by atoms with Crippen molar-refractivity contribution in [1.82, 2.24) is 0 Å². The van der Waals surface area contributed by atoms with Crippen molar-refractivity contribution in [1.29, 1.82) is 0 Å². The molecule has 6 heteroatoms. The molecule has 0 bridgehead atoms. The SMILES string of the molecule is CCCCCCCCCCCCCCOc1ccc(C(=O)Oc2ccc(C(=O)OCC(C)CC)c(Cl)c2)cc1. The Labute approximate surface area is 240 Å². The second kappa shape index (κ2) is 19.5. The predicted molar refractivity (Wildman–Crippen MR) is 159 cm³/mol. The van der Waals surface area contributed by atoms with Crippen molar-refractivity contribution in [2.24, 2.45) is 5.92 Å². The first-order valence-electron chi connectivity index (χ1n) is 14.9. The molecule has 0 aromatic heterocycles. The average Bonchev–Trinajstić information content (AvgIpc) is 2.94. The molecule has 5 nitrogen and oxygen atoms in total.